The van der Waals surface area contributed by atoms with Gasteiger partial charge in [0.1, 0.15) is 5.82 Å². The van der Waals surface area contributed by atoms with Gasteiger partial charge in [0.25, 0.3) is 0 Å². The number of halogens is 1. The Kier molecular flexibility index (Phi) is 3.23. The molecule has 0 amide bonds. The largest absolute Gasteiger partial charge is 0.264 e. The van der Waals surface area contributed by atoms with E-state index >= 15 is 0 Å². The molecule has 1 aromatic heterocycles. The first-order valence-corrected chi connectivity index (χ1v) is 5.73. The van der Waals surface area contributed by atoms with Crippen molar-refractivity contribution in [3.8, 4) is 0 Å². The van der Waals surface area contributed by atoms with Gasteiger partial charge < -0.3 is 0 Å². The van der Waals surface area contributed by atoms with Crippen LogP contribution in [0, 0.1) is 5.82 Å². The summed E-state index contributed by atoms with van der Waals surface area (Å²) in [7, 11) is 0. The molecule has 0 fully saturated rings. The number of nitrogens with zero attached hydrogens (tertiary/aromatic N) is 1. The molecule has 0 bridgehead atoms. The van der Waals surface area contributed by atoms with Crippen molar-refractivity contribution >= 4 is 0 Å². The first-order valence-electron chi connectivity index (χ1n) is 5.73. The fourth-order valence-corrected chi connectivity index (χ4v) is 2.02. The normalized spacial score (nSPS) is 11.5. The van der Waals surface area contributed by atoms with E-state index in [-0.39, 0.29) is 11.2 Å². The molecule has 1 heterocycles. The zero-order valence-electron chi connectivity index (χ0n) is 10.2. The highest BCUT2D eigenvalue weighted by Crippen LogP contribution is 2.27. The van der Waals surface area contributed by atoms with Crippen molar-refractivity contribution in [3.63, 3.8) is 0 Å². The molecular formula is C15H16FN. The van der Waals surface area contributed by atoms with E-state index in [1.165, 1.54) is 17.7 Å². The van der Waals surface area contributed by atoms with Gasteiger partial charge in [-0.05, 0) is 41.2 Å². The van der Waals surface area contributed by atoms with Crippen molar-refractivity contribution in [2.24, 2.45) is 0 Å². The molecule has 88 valence electrons. The molecule has 0 aliphatic rings. The summed E-state index contributed by atoms with van der Waals surface area (Å²) in [5, 5.41) is 0. The van der Waals surface area contributed by atoms with Crippen LogP contribution in [0.1, 0.15) is 25.0 Å². The van der Waals surface area contributed by atoms with Crippen LogP contribution in [0.2, 0.25) is 0 Å². The molecule has 17 heavy (non-hydrogen) atoms. The van der Waals surface area contributed by atoms with Crippen LogP contribution >= 0.6 is 0 Å². The highest BCUT2D eigenvalue weighted by molar-refractivity contribution is 5.27. The average Bonchev–Trinajstić information content (AvgIpc) is 2.30. The van der Waals surface area contributed by atoms with Gasteiger partial charge >= 0.3 is 0 Å². The number of rotatable bonds is 3. The predicted octanol–water partition coefficient (Wildman–Crippen LogP) is 3.74. The fraction of sp³-hybridized carbons (Fsp3) is 0.267. The lowest BCUT2D eigenvalue weighted by molar-refractivity contribution is 0.519. The zero-order chi connectivity index (χ0) is 12.3. The first-order chi connectivity index (χ1) is 8.08. The Balaban J connectivity index is 2.21. The summed E-state index contributed by atoms with van der Waals surface area (Å²) in [6.07, 6.45) is 4.55. The predicted molar refractivity (Wildman–Crippen MR) is 67.4 cm³/mol. The number of pyridine rings is 1. The smallest absolute Gasteiger partial charge is 0.123 e. The maximum absolute atomic E-state index is 12.9. The topological polar surface area (TPSA) is 12.9 Å². The van der Waals surface area contributed by atoms with E-state index in [2.05, 4.69) is 24.9 Å². The Bertz CT molecular complexity index is 474. The van der Waals surface area contributed by atoms with Crippen molar-refractivity contribution in [2.75, 3.05) is 0 Å². The third-order valence-corrected chi connectivity index (χ3v) is 2.99. The molecule has 0 radical (unpaired) electrons. The Morgan fingerprint density at radius 2 is 1.82 bits per heavy atom. The van der Waals surface area contributed by atoms with E-state index in [4.69, 9.17) is 0 Å². The molecule has 0 N–H and O–H groups in total. The van der Waals surface area contributed by atoms with Gasteiger partial charge in [0.05, 0.1) is 0 Å². The lowest BCUT2D eigenvalue weighted by Gasteiger charge is -2.25. The molecule has 0 saturated heterocycles. The van der Waals surface area contributed by atoms with Gasteiger partial charge in [0.15, 0.2) is 0 Å². The molecule has 0 saturated carbocycles. The van der Waals surface area contributed by atoms with Gasteiger partial charge in [-0.15, -0.1) is 0 Å². The maximum Gasteiger partial charge on any atom is 0.123 e. The second-order valence-corrected chi connectivity index (χ2v) is 4.93. The van der Waals surface area contributed by atoms with E-state index in [0.29, 0.717) is 0 Å². The van der Waals surface area contributed by atoms with Gasteiger partial charge in [-0.1, -0.05) is 32.0 Å². The Hall–Kier alpha value is -1.70. The minimum absolute atomic E-state index is 0.0171. The summed E-state index contributed by atoms with van der Waals surface area (Å²) in [5.74, 6) is -0.189. The van der Waals surface area contributed by atoms with Crippen molar-refractivity contribution in [1.29, 1.82) is 0 Å². The van der Waals surface area contributed by atoms with Gasteiger partial charge in [-0.25, -0.2) is 4.39 Å². The average molecular weight is 229 g/mol. The number of aromatic nitrogens is 1. The van der Waals surface area contributed by atoms with Crippen LogP contribution in [0.3, 0.4) is 0 Å². The molecule has 1 aromatic carbocycles. The van der Waals surface area contributed by atoms with E-state index in [9.17, 15) is 4.39 Å². The Morgan fingerprint density at radius 1 is 1.12 bits per heavy atom. The minimum atomic E-state index is -0.189. The van der Waals surface area contributed by atoms with E-state index in [1.807, 2.05) is 24.4 Å². The van der Waals surface area contributed by atoms with Crippen LogP contribution in [0.25, 0.3) is 0 Å². The summed E-state index contributed by atoms with van der Waals surface area (Å²) in [4.78, 5) is 4.12. The van der Waals surface area contributed by atoms with Crippen LogP contribution in [-0.4, -0.2) is 4.98 Å². The van der Waals surface area contributed by atoms with Crippen molar-refractivity contribution < 1.29 is 4.39 Å². The molecule has 1 nitrogen and oxygen atoms in total. The molecule has 0 aliphatic carbocycles. The van der Waals surface area contributed by atoms with E-state index in [0.717, 1.165) is 12.0 Å². The van der Waals surface area contributed by atoms with Gasteiger partial charge in [-0.2, -0.15) is 0 Å². The standard InChI is InChI=1S/C15H16FN/c1-15(2,10-12-4-3-9-17-11-12)13-5-7-14(16)8-6-13/h3-9,11H,10H2,1-2H3. The Labute approximate surface area is 101 Å². The summed E-state index contributed by atoms with van der Waals surface area (Å²) in [6, 6.07) is 10.7. The monoisotopic (exact) mass is 229 g/mol. The highest BCUT2D eigenvalue weighted by Gasteiger charge is 2.21. The van der Waals surface area contributed by atoms with Crippen LogP contribution in [0.4, 0.5) is 4.39 Å². The fourth-order valence-electron chi connectivity index (χ4n) is 2.02. The molecular weight excluding hydrogens is 213 g/mol. The summed E-state index contributed by atoms with van der Waals surface area (Å²) in [6.45, 7) is 4.32. The second-order valence-electron chi connectivity index (χ2n) is 4.93. The van der Waals surface area contributed by atoms with Crippen LogP contribution in [0.5, 0.6) is 0 Å². The number of hydrogen-bond donors (Lipinski definition) is 0. The van der Waals surface area contributed by atoms with E-state index < -0.39 is 0 Å². The number of benzene rings is 1. The first kappa shape index (κ1) is 11.8. The minimum Gasteiger partial charge on any atom is -0.264 e. The third-order valence-electron chi connectivity index (χ3n) is 2.99. The second kappa shape index (κ2) is 4.66. The molecule has 0 spiro atoms. The van der Waals surface area contributed by atoms with Crippen LogP contribution in [-0.2, 0) is 11.8 Å². The maximum atomic E-state index is 12.9. The lowest BCUT2D eigenvalue weighted by Crippen LogP contribution is -2.20. The summed E-state index contributed by atoms with van der Waals surface area (Å²) >= 11 is 0. The Morgan fingerprint density at radius 3 is 2.41 bits per heavy atom. The molecule has 2 rings (SSSR count). The summed E-state index contributed by atoms with van der Waals surface area (Å²) < 4.78 is 12.9. The van der Waals surface area contributed by atoms with Crippen LogP contribution in [0.15, 0.2) is 48.8 Å². The van der Waals surface area contributed by atoms with Crippen LogP contribution < -0.4 is 0 Å². The highest BCUT2D eigenvalue weighted by atomic mass is 19.1. The SMILES string of the molecule is CC(C)(Cc1cccnc1)c1ccc(F)cc1. The van der Waals surface area contributed by atoms with Crippen molar-refractivity contribution in [1.82, 2.24) is 4.98 Å². The van der Waals surface area contributed by atoms with Gasteiger partial charge in [0.2, 0.25) is 0 Å². The summed E-state index contributed by atoms with van der Waals surface area (Å²) in [5.41, 5.74) is 2.32. The lowest BCUT2D eigenvalue weighted by atomic mass is 9.79. The van der Waals surface area contributed by atoms with Crippen molar-refractivity contribution in [3.05, 3.63) is 65.7 Å². The van der Waals surface area contributed by atoms with E-state index in [1.54, 1.807) is 6.20 Å². The number of hydrogen-bond acceptors (Lipinski definition) is 1. The molecule has 0 aliphatic heterocycles. The molecule has 2 heteroatoms. The quantitative estimate of drug-likeness (QED) is 0.781. The van der Waals surface area contributed by atoms with Gasteiger partial charge in [-0.3, -0.25) is 4.98 Å². The molecule has 2 aromatic rings. The molecule has 0 unspecified atom stereocenters. The van der Waals surface area contributed by atoms with Crippen molar-refractivity contribution in [2.45, 2.75) is 25.7 Å². The zero-order valence-corrected chi connectivity index (χ0v) is 10.2. The van der Waals surface area contributed by atoms with Gasteiger partial charge in [0, 0.05) is 12.4 Å². The third kappa shape index (κ3) is 2.90. The molecule has 0 atom stereocenters.